The van der Waals surface area contributed by atoms with Crippen LogP contribution in [0.2, 0.25) is 0 Å². The molecule has 0 unspecified atom stereocenters. The summed E-state index contributed by atoms with van der Waals surface area (Å²) in [6.07, 6.45) is 7.60. The molecular formula is C10H15N3. The van der Waals surface area contributed by atoms with Crippen LogP contribution in [0, 0.1) is 0 Å². The number of nitrogens with zero attached hydrogens (tertiary/aromatic N) is 2. The van der Waals surface area contributed by atoms with Gasteiger partial charge in [-0.2, -0.15) is 0 Å². The third kappa shape index (κ3) is 1.86. The van der Waals surface area contributed by atoms with Gasteiger partial charge in [0.2, 0.25) is 0 Å². The molecule has 1 heterocycles. The average molecular weight is 177 g/mol. The summed E-state index contributed by atoms with van der Waals surface area (Å²) in [5.74, 6) is 0.906. The topological polar surface area (TPSA) is 51.8 Å². The summed E-state index contributed by atoms with van der Waals surface area (Å²) in [5.41, 5.74) is 8.05. The highest BCUT2D eigenvalue weighted by Gasteiger charge is 2.11. The summed E-state index contributed by atoms with van der Waals surface area (Å²) in [4.78, 5) is 8.80. The van der Waals surface area contributed by atoms with Crippen molar-refractivity contribution in [3.05, 3.63) is 23.3 Å². The molecule has 0 fully saturated rings. The minimum atomic E-state index is 0.638. The number of hydrogen-bond acceptors (Lipinski definition) is 3. The van der Waals surface area contributed by atoms with Gasteiger partial charge in [-0.25, -0.2) is 9.97 Å². The lowest BCUT2D eigenvalue weighted by molar-refractivity contribution is 0.652. The Kier molecular flexibility index (Phi) is 2.54. The SMILES string of the molecule is NCCc1ncc2c(n1)CCCC2. The first-order chi connectivity index (χ1) is 6.40. The maximum absolute atomic E-state index is 5.46. The highest BCUT2D eigenvalue weighted by Crippen LogP contribution is 2.18. The molecule has 0 bridgehead atoms. The van der Waals surface area contributed by atoms with E-state index in [4.69, 9.17) is 5.73 Å². The Morgan fingerprint density at radius 3 is 3.00 bits per heavy atom. The van der Waals surface area contributed by atoms with Gasteiger partial charge in [-0.15, -0.1) is 0 Å². The second-order valence-electron chi connectivity index (χ2n) is 3.50. The van der Waals surface area contributed by atoms with Gasteiger partial charge in [-0.1, -0.05) is 0 Å². The van der Waals surface area contributed by atoms with Gasteiger partial charge >= 0.3 is 0 Å². The van der Waals surface area contributed by atoms with Gasteiger partial charge in [0, 0.05) is 18.3 Å². The predicted octanol–water partition coefficient (Wildman–Crippen LogP) is 0.857. The largest absolute Gasteiger partial charge is 0.330 e. The van der Waals surface area contributed by atoms with E-state index in [0.29, 0.717) is 6.54 Å². The predicted molar refractivity (Wildman–Crippen MR) is 51.4 cm³/mol. The van der Waals surface area contributed by atoms with Gasteiger partial charge in [-0.05, 0) is 37.8 Å². The molecule has 0 spiro atoms. The lowest BCUT2D eigenvalue weighted by Crippen LogP contribution is -2.12. The molecule has 1 aromatic rings. The second-order valence-corrected chi connectivity index (χ2v) is 3.50. The lowest BCUT2D eigenvalue weighted by atomic mass is 9.97. The van der Waals surface area contributed by atoms with Crippen LogP contribution < -0.4 is 5.73 Å². The maximum Gasteiger partial charge on any atom is 0.129 e. The van der Waals surface area contributed by atoms with Crippen LogP contribution in [0.25, 0.3) is 0 Å². The van der Waals surface area contributed by atoms with Crippen molar-refractivity contribution in [2.75, 3.05) is 6.54 Å². The van der Waals surface area contributed by atoms with E-state index in [1.54, 1.807) is 0 Å². The van der Waals surface area contributed by atoms with Crippen molar-refractivity contribution in [2.24, 2.45) is 5.73 Å². The summed E-state index contributed by atoms with van der Waals surface area (Å²) in [7, 11) is 0. The van der Waals surface area contributed by atoms with Crippen LogP contribution in [0.5, 0.6) is 0 Å². The van der Waals surface area contributed by atoms with E-state index in [1.807, 2.05) is 6.20 Å². The van der Waals surface area contributed by atoms with Crippen molar-refractivity contribution in [3.63, 3.8) is 0 Å². The van der Waals surface area contributed by atoms with Crippen LogP contribution in [-0.4, -0.2) is 16.5 Å². The zero-order valence-corrected chi connectivity index (χ0v) is 7.79. The zero-order chi connectivity index (χ0) is 9.10. The van der Waals surface area contributed by atoms with Crippen molar-refractivity contribution in [3.8, 4) is 0 Å². The highest BCUT2D eigenvalue weighted by atomic mass is 14.9. The van der Waals surface area contributed by atoms with Crippen molar-refractivity contribution < 1.29 is 0 Å². The average Bonchev–Trinajstić information content (AvgIpc) is 2.18. The first kappa shape index (κ1) is 8.63. The molecule has 3 nitrogen and oxygen atoms in total. The van der Waals surface area contributed by atoms with E-state index >= 15 is 0 Å². The lowest BCUT2D eigenvalue weighted by Gasteiger charge is -2.14. The highest BCUT2D eigenvalue weighted by molar-refractivity contribution is 5.20. The van der Waals surface area contributed by atoms with Crippen molar-refractivity contribution in [2.45, 2.75) is 32.1 Å². The van der Waals surface area contributed by atoms with E-state index in [1.165, 1.54) is 24.1 Å². The Hall–Kier alpha value is -0.960. The quantitative estimate of drug-likeness (QED) is 0.728. The Bertz CT molecular complexity index is 296. The van der Waals surface area contributed by atoms with Crippen LogP contribution in [0.15, 0.2) is 6.20 Å². The molecule has 2 rings (SSSR count). The first-order valence-corrected chi connectivity index (χ1v) is 4.94. The fourth-order valence-corrected chi connectivity index (χ4v) is 1.77. The summed E-state index contributed by atoms with van der Waals surface area (Å²) < 4.78 is 0. The Labute approximate surface area is 78.4 Å². The third-order valence-corrected chi connectivity index (χ3v) is 2.48. The molecule has 1 aliphatic carbocycles. The van der Waals surface area contributed by atoms with Crippen LogP contribution in [-0.2, 0) is 19.3 Å². The molecule has 2 N–H and O–H groups in total. The summed E-state index contributed by atoms with van der Waals surface area (Å²) in [5, 5.41) is 0. The van der Waals surface area contributed by atoms with E-state index in [0.717, 1.165) is 25.1 Å². The molecule has 0 aliphatic heterocycles. The molecule has 0 saturated heterocycles. The number of fused-ring (bicyclic) bond motifs is 1. The van der Waals surface area contributed by atoms with Gasteiger partial charge in [-0.3, -0.25) is 0 Å². The molecule has 0 atom stereocenters. The Balaban J connectivity index is 2.24. The fraction of sp³-hybridized carbons (Fsp3) is 0.600. The van der Waals surface area contributed by atoms with Crippen molar-refractivity contribution in [1.29, 1.82) is 0 Å². The molecule has 1 aromatic heterocycles. The van der Waals surface area contributed by atoms with Crippen LogP contribution in [0.3, 0.4) is 0 Å². The number of nitrogens with two attached hydrogens (primary N) is 1. The number of rotatable bonds is 2. The Morgan fingerprint density at radius 1 is 1.31 bits per heavy atom. The van der Waals surface area contributed by atoms with Gasteiger partial charge in [0.15, 0.2) is 0 Å². The molecular weight excluding hydrogens is 162 g/mol. The summed E-state index contributed by atoms with van der Waals surface area (Å²) >= 11 is 0. The molecule has 3 heteroatoms. The van der Waals surface area contributed by atoms with Gasteiger partial charge in [0.05, 0.1) is 0 Å². The van der Waals surface area contributed by atoms with Crippen LogP contribution in [0.1, 0.15) is 29.9 Å². The fourth-order valence-electron chi connectivity index (χ4n) is 1.77. The first-order valence-electron chi connectivity index (χ1n) is 4.94. The second kappa shape index (κ2) is 3.83. The molecule has 13 heavy (non-hydrogen) atoms. The number of hydrogen-bond donors (Lipinski definition) is 1. The van der Waals surface area contributed by atoms with E-state index in [-0.39, 0.29) is 0 Å². The Morgan fingerprint density at radius 2 is 2.15 bits per heavy atom. The van der Waals surface area contributed by atoms with Crippen LogP contribution >= 0.6 is 0 Å². The monoisotopic (exact) mass is 177 g/mol. The van der Waals surface area contributed by atoms with Gasteiger partial charge < -0.3 is 5.73 Å². The number of aryl methyl sites for hydroxylation is 2. The standard InChI is InChI=1S/C10H15N3/c11-6-5-10-12-7-8-3-1-2-4-9(8)13-10/h7H,1-6,11H2. The minimum absolute atomic E-state index is 0.638. The number of aromatic nitrogens is 2. The molecule has 0 saturated carbocycles. The summed E-state index contributed by atoms with van der Waals surface area (Å²) in [6.45, 7) is 0.638. The van der Waals surface area contributed by atoms with E-state index in [9.17, 15) is 0 Å². The van der Waals surface area contributed by atoms with Crippen LogP contribution in [0.4, 0.5) is 0 Å². The molecule has 0 radical (unpaired) electrons. The van der Waals surface area contributed by atoms with Crippen molar-refractivity contribution in [1.82, 2.24) is 9.97 Å². The van der Waals surface area contributed by atoms with E-state index < -0.39 is 0 Å². The molecule has 1 aliphatic rings. The molecule has 0 amide bonds. The minimum Gasteiger partial charge on any atom is -0.330 e. The molecule has 0 aromatic carbocycles. The smallest absolute Gasteiger partial charge is 0.129 e. The summed E-state index contributed by atoms with van der Waals surface area (Å²) in [6, 6.07) is 0. The maximum atomic E-state index is 5.46. The third-order valence-electron chi connectivity index (χ3n) is 2.48. The molecule has 70 valence electrons. The zero-order valence-electron chi connectivity index (χ0n) is 7.79. The van der Waals surface area contributed by atoms with E-state index in [2.05, 4.69) is 9.97 Å². The van der Waals surface area contributed by atoms with Gasteiger partial charge in [0.25, 0.3) is 0 Å². The van der Waals surface area contributed by atoms with Gasteiger partial charge in [0.1, 0.15) is 5.82 Å². The normalized spacial score (nSPS) is 15.5. The van der Waals surface area contributed by atoms with Crippen molar-refractivity contribution >= 4 is 0 Å².